The molecule has 0 saturated carbocycles. The zero-order valence-electron chi connectivity index (χ0n) is 14.3. The summed E-state index contributed by atoms with van der Waals surface area (Å²) in [6, 6.07) is 15.3. The largest absolute Gasteiger partial charge is 0.314 e. The van der Waals surface area contributed by atoms with Gasteiger partial charge in [0.2, 0.25) is 0 Å². The van der Waals surface area contributed by atoms with Crippen LogP contribution in [-0.2, 0) is 11.2 Å². The average Bonchev–Trinajstić information content (AvgIpc) is 2.90. The lowest BCUT2D eigenvalue weighted by Gasteiger charge is -2.38. The molecule has 2 aromatic carbocycles. The van der Waals surface area contributed by atoms with Gasteiger partial charge in [0.15, 0.2) is 0 Å². The maximum absolute atomic E-state index is 12.5. The Kier molecular flexibility index (Phi) is 4.76. The molecule has 1 saturated heterocycles. The molecule has 0 aromatic heterocycles. The second-order valence-corrected chi connectivity index (χ2v) is 7.16. The second-order valence-electron chi connectivity index (χ2n) is 6.72. The quantitative estimate of drug-likeness (QED) is 0.840. The fourth-order valence-corrected chi connectivity index (χ4v) is 3.78. The van der Waals surface area contributed by atoms with Crippen molar-refractivity contribution in [3.63, 3.8) is 0 Å². The van der Waals surface area contributed by atoms with Crippen molar-refractivity contribution >= 4 is 29.0 Å². The van der Waals surface area contributed by atoms with Crippen molar-refractivity contribution in [2.45, 2.75) is 12.5 Å². The number of amides is 1. The molecular weight excluding hydrogens is 350 g/mol. The van der Waals surface area contributed by atoms with E-state index in [1.54, 1.807) is 17.0 Å². The van der Waals surface area contributed by atoms with E-state index < -0.39 is 11.7 Å². The van der Waals surface area contributed by atoms with Crippen molar-refractivity contribution in [1.82, 2.24) is 10.2 Å². The van der Waals surface area contributed by atoms with Crippen LogP contribution < -0.4 is 10.2 Å². The van der Waals surface area contributed by atoms with Crippen LogP contribution in [0.5, 0.6) is 0 Å². The molecule has 2 aromatic rings. The molecule has 0 bridgehead atoms. The van der Waals surface area contributed by atoms with E-state index in [9.17, 15) is 9.59 Å². The first kappa shape index (κ1) is 17.2. The standard InChI is InChI=1S/C20H20ClN3O2/c21-15-7-5-14(6-8-15)11-16-12-22-9-10-23(16)13-24-18-4-2-1-3-17(18)19(25)20(24)26/h1-8,16,22H,9-13H2. The molecule has 0 radical (unpaired) electrons. The molecule has 2 heterocycles. The molecule has 1 unspecified atom stereocenters. The molecule has 134 valence electrons. The maximum Gasteiger partial charge on any atom is 0.300 e. The minimum Gasteiger partial charge on any atom is -0.314 e. The molecule has 1 fully saturated rings. The van der Waals surface area contributed by atoms with E-state index in [0.717, 1.165) is 31.1 Å². The van der Waals surface area contributed by atoms with Crippen molar-refractivity contribution in [1.29, 1.82) is 0 Å². The fraction of sp³-hybridized carbons (Fsp3) is 0.300. The lowest BCUT2D eigenvalue weighted by Crippen LogP contribution is -2.56. The predicted octanol–water partition coefficient (Wildman–Crippen LogP) is 2.34. The van der Waals surface area contributed by atoms with Crippen molar-refractivity contribution in [2.75, 3.05) is 31.2 Å². The van der Waals surface area contributed by atoms with Gasteiger partial charge in [0, 0.05) is 30.7 Å². The van der Waals surface area contributed by atoms with Crippen LogP contribution in [0.4, 0.5) is 5.69 Å². The summed E-state index contributed by atoms with van der Waals surface area (Å²) in [7, 11) is 0. The van der Waals surface area contributed by atoms with E-state index in [1.807, 2.05) is 36.4 Å². The molecule has 1 atom stereocenters. The molecular formula is C20H20ClN3O2. The Balaban J connectivity index is 1.53. The van der Waals surface area contributed by atoms with Gasteiger partial charge in [-0.3, -0.25) is 19.4 Å². The molecule has 26 heavy (non-hydrogen) atoms. The topological polar surface area (TPSA) is 52.7 Å². The van der Waals surface area contributed by atoms with Crippen molar-refractivity contribution in [3.05, 3.63) is 64.7 Å². The zero-order valence-corrected chi connectivity index (χ0v) is 15.1. The van der Waals surface area contributed by atoms with E-state index in [0.29, 0.717) is 17.9 Å². The molecule has 6 heteroatoms. The zero-order chi connectivity index (χ0) is 18.1. The molecule has 1 amide bonds. The molecule has 2 aliphatic rings. The number of carbonyl (C=O) groups excluding carboxylic acids is 2. The summed E-state index contributed by atoms with van der Waals surface area (Å²) in [5.74, 6) is -0.847. The smallest absolute Gasteiger partial charge is 0.300 e. The first-order valence-corrected chi connectivity index (χ1v) is 9.16. The average molecular weight is 370 g/mol. The minimum atomic E-state index is -0.435. The Labute approximate surface area is 157 Å². The normalized spacial score (nSPS) is 20.5. The Bertz CT molecular complexity index is 837. The second kappa shape index (κ2) is 7.19. The van der Waals surface area contributed by atoms with Gasteiger partial charge in [-0.25, -0.2) is 0 Å². The highest BCUT2D eigenvalue weighted by molar-refractivity contribution is 6.52. The van der Waals surface area contributed by atoms with E-state index in [2.05, 4.69) is 10.2 Å². The van der Waals surface area contributed by atoms with Gasteiger partial charge in [-0.2, -0.15) is 0 Å². The first-order chi connectivity index (χ1) is 12.6. The summed E-state index contributed by atoms with van der Waals surface area (Å²) in [5.41, 5.74) is 2.42. The number of fused-ring (bicyclic) bond motifs is 1. The van der Waals surface area contributed by atoms with Crippen LogP contribution in [-0.4, -0.2) is 48.9 Å². The molecule has 1 N–H and O–H groups in total. The number of Topliss-reactive ketones (excluding diaryl/α,β-unsaturated/α-hetero) is 1. The Morgan fingerprint density at radius 1 is 1.08 bits per heavy atom. The van der Waals surface area contributed by atoms with E-state index >= 15 is 0 Å². The predicted molar refractivity (Wildman–Crippen MR) is 102 cm³/mol. The number of benzene rings is 2. The van der Waals surface area contributed by atoms with Gasteiger partial charge in [-0.1, -0.05) is 35.9 Å². The number of nitrogens with zero attached hydrogens (tertiary/aromatic N) is 2. The van der Waals surface area contributed by atoms with Gasteiger partial charge in [0.25, 0.3) is 5.78 Å². The van der Waals surface area contributed by atoms with Crippen molar-refractivity contribution in [2.24, 2.45) is 0 Å². The third-order valence-electron chi connectivity index (χ3n) is 5.06. The minimum absolute atomic E-state index is 0.251. The van der Waals surface area contributed by atoms with Gasteiger partial charge in [-0.05, 0) is 36.2 Å². The lowest BCUT2D eigenvalue weighted by atomic mass is 10.0. The monoisotopic (exact) mass is 369 g/mol. The maximum atomic E-state index is 12.5. The van der Waals surface area contributed by atoms with E-state index in [1.165, 1.54) is 5.56 Å². The highest BCUT2D eigenvalue weighted by Crippen LogP contribution is 2.29. The SMILES string of the molecule is O=C1C(=O)N(CN2CCNCC2Cc2ccc(Cl)cc2)c2ccccc21. The summed E-state index contributed by atoms with van der Waals surface area (Å²) >= 11 is 5.98. The number of piperazine rings is 1. The van der Waals surface area contributed by atoms with E-state index in [4.69, 9.17) is 11.6 Å². The van der Waals surface area contributed by atoms with E-state index in [-0.39, 0.29) is 6.04 Å². The fourth-order valence-electron chi connectivity index (χ4n) is 3.65. The van der Waals surface area contributed by atoms with Crippen LogP contribution in [0.15, 0.2) is 48.5 Å². The summed E-state index contributed by atoms with van der Waals surface area (Å²) in [6.07, 6.45) is 0.863. The van der Waals surface area contributed by atoms with Gasteiger partial charge in [-0.15, -0.1) is 0 Å². The molecule has 5 nitrogen and oxygen atoms in total. The summed E-state index contributed by atoms with van der Waals surface area (Å²) in [4.78, 5) is 28.6. The lowest BCUT2D eigenvalue weighted by molar-refractivity contribution is -0.114. The number of rotatable bonds is 4. The highest BCUT2D eigenvalue weighted by atomic mass is 35.5. The van der Waals surface area contributed by atoms with Crippen LogP contribution in [0.25, 0.3) is 0 Å². The van der Waals surface area contributed by atoms with Crippen LogP contribution in [0.2, 0.25) is 5.02 Å². The van der Waals surface area contributed by atoms with Gasteiger partial charge < -0.3 is 5.32 Å². The van der Waals surface area contributed by atoms with Gasteiger partial charge >= 0.3 is 5.91 Å². The first-order valence-electron chi connectivity index (χ1n) is 8.78. The number of hydrogen-bond donors (Lipinski definition) is 1. The number of para-hydroxylation sites is 1. The van der Waals surface area contributed by atoms with Crippen LogP contribution in [0.3, 0.4) is 0 Å². The third-order valence-corrected chi connectivity index (χ3v) is 5.31. The van der Waals surface area contributed by atoms with Crippen molar-refractivity contribution < 1.29 is 9.59 Å². The van der Waals surface area contributed by atoms with Crippen LogP contribution in [0.1, 0.15) is 15.9 Å². The number of ketones is 1. The molecule has 0 aliphatic carbocycles. The summed E-state index contributed by atoms with van der Waals surface area (Å²) in [5, 5.41) is 4.15. The highest BCUT2D eigenvalue weighted by Gasteiger charge is 2.37. The molecule has 0 spiro atoms. The number of nitrogens with one attached hydrogen (secondary N) is 1. The number of carbonyl (C=O) groups is 2. The molecule has 4 rings (SSSR count). The number of anilines is 1. The number of halogens is 1. The summed E-state index contributed by atoms with van der Waals surface area (Å²) < 4.78 is 0. The number of hydrogen-bond acceptors (Lipinski definition) is 4. The van der Waals surface area contributed by atoms with Gasteiger partial charge in [0.1, 0.15) is 0 Å². The third kappa shape index (κ3) is 3.26. The Morgan fingerprint density at radius 2 is 1.85 bits per heavy atom. The summed E-state index contributed by atoms with van der Waals surface area (Å²) in [6.45, 7) is 2.98. The molecule has 2 aliphatic heterocycles. The van der Waals surface area contributed by atoms with Crippen LogP contribution in [0, 0.1) is 0 Å². The van der Waals surface area contributed by atoms with Gasteiger partial charge in [0.05, 0.1) is 17.9 Å². The Hall–Kier alpha value is -2.21. The van der Waals surface area contributed by atoms with Crippen LogP contribution >= 0.6 is 11.6 Å². The van der Waals surface area contributed by atoms with Crippen molar-refractivity contribution in [3.8, 4) is 0 Å². The Morgan fingerprint density at radius 3 is 2.65 bits per heavy atom.